The molecule has 0 atom stereocenters. The van der Waals surface area contributed by atoms with E-state index in [0.717, 1.165) is 29.8 Å². The van der Waals surface area contributed by atoms with Crippen LogP contribution < -0.4 is 4.72 Å². The third-order valence-corrected chi connectivity index (χ3v) is 4.82. The molecule has 0 aromatic heterocycles. The van der Waals surface area contributed by atoms with Crippen molar-refractivity contribution in [3.05, 3.63) is 59.9 Å². The maximum Gasteiger partial charge on any atom is 0.261 e. The summed E-state index contributed by atoms with van der Waals surface area (Å²) in [6.45, 7) is 0. The Morgan fingerprint density at radius 2 is 1.86 bits per heavy atom. The quantitative estimate of drug-likeness (QED) is 0.781. The van der Waals surface area contributed by atoms with Gasteiger partial charge in [-0.3, -0.25) is 4.72 Å². The Kier molecular flexibility index (Phi) is 5.36. The van der Waals surface area contributed by atoms with E-state index in [1.807, 2.05) is 6.07 Å². The summed E-state index contributed by atoms with van der Waals surface area (Å²) < 4.78 is 40.0. The molecular formula is C15H15BrFNO2S. The zero-order chi connectivity index (χ0) is 15.3. The number of alkyl halides is 1. The molecule has 0 amide bonds. The van der Waals surface area contributed by atoms with Crippen molar-refractivity contribution in [1.29, 1.82) is 0 Å². The topological polar surface area (TPSA) is 46.2 Å². The summed E-state index contributed by atoms with van der Waals surface area (Å²) in [6, 6.07) is 12.1. The van der Waals surface area contributed by atoms with E-state index in [1.54, 1.807) is 18.2 Å². The smallest absolute Gasteiger partial charge is 0.261 e. The molecule has 2 aromatic rings. The first-order valence-corrected chi connectivity index (χ1v) is 9.05. The molecule has 0 aliphatic carbocycles. The van der Waals surface area contributed by atoms with Crippen LogP contribution in [0.25, 0.3) is 0 Å². The van der Waals surface area contributed by atoms with E-state index >= 15 is 0 Å². The summed E-state index contributed by atoms with van der Waals surface area (Å²) in [4.78, 5) is -0.0895. The van der Waals surface area contributed by atoms with Crippen LogP contribution >= 0.6 is 15.9 Å². The lowest BCUT2D eigenvalue weighted by molar-refractivity contribution is 0.595. The lowest BCUT2D eigenvalue weighted by Crippen LogP contribution is -2.13. The minimum atomic E-state index is -3.77. The predicted octanol–water partition coefficient (Wildman–Crippen LogP) is 3.95. The maximum absolute atomic E-state index is 13.1. The third-order valence-electron chi connectivity index (χ3n) is 2.88. The second-order valence-corrected chi connectivity index (χ2v) is 7.03. The Morgan fingerprint density at radius 1 is 1.10 bits per heavy atom. The molecule has 0 unspecified atom stereocenters. The van der Waals surface area contributed by atoms with Gasteiger partial charge >= 0.3 is 0 Å². The molecule has 0 saturated carbocycles. The zero-order valence-electron chi connectivity index (χ0n) is 11.2. The fourth-order valence-electron chi connectivity index (χ4n) is 1.91. The molecule has 0 aliphatic rings. The Labute approximate surface area is 132 Å². The highest BCUT2D eigenvalue weighted by Crippen LogP contribution is 2.18. The van der Waals surface area contributed by atoms with Gasteiger partial charge in [-0.25, -0.2) is 12.8 Å². The van der Waals surface area contributed by atoms with Gasteiger partial charge in [-0.1, -0.05) is 34.1 Å². The van der Waals surface area contributed by atoms with Gasteiger partial charge in [0, 0.05) is 11.0 Å². The van der Waals surface area contributed by atoms with Gasteiger partial charge in [0.2, 0.25) is 0 Å². The minimum Gasteiger partial charge on any atom is -0.280 e. The van der Waals surface area contributed by atoms with Crippen molar-refractivity contribution in [3.8, 4) is 0 Å². The highest BCUT2D eigenvalue weighted by atomic mass is 79.9. The molecule has 21 heavy (non-hydrogen) atoms. The Bertz CT molecular complexity index is 719. The monoisotopic (exact) mass is 371 g/mol. The summed E-state index contributed by atoms with van der Waals surface area (Å²) in [5.41, 5.74) is 1.53. The fourth-order valence-corrected chi connectivity index (χ4v) is 3.27. The van der Waals surface area contributed by atoms with E-state index in [2.05, 4.69) is 20.7 Å². The number of halogens is 2. The van der Waals surface area contributed by atoms with Gasteiger partial charge in [0.25, 0.3) is 10.0 Å². The van der Waals surface area contributed by atoms with Crippen molar-refractivity contribution in [3.63, 3.8) is 0 Å². The molecule has 6 heteroatoms. The second-order valence-electron chi connectivity index (χ2n) is 4.56. The third kappa shape index (κ3) is 4.54. The van der Waals surface area contributed by atoms with E-state index < -0.39 is 15.8 Å². The number of rotatable bonds is 6. The summed E-state index contributed by atoms with van der Waals surface area (Å²) in [7, 11) is -3.77. The summed E-state index contributed by atoms with van der Waals surface area (Å²) >= 11 is 3.36. The van der Waals surface area contributed by atoms with Crippen LogP contribution in [-0.4, -0.2) is 13.7 Å². The molecule has 0 heterocycles. The molecule has 112 valence electrons. The number of hydrogen-bond donors (Lipinski definition) is 1. The number of nitrogens with one attached hydrogen (secondary N) is 1. The molecule has 0 aliphatic heterocycles. The standard InChI is InChI=1S/C15H15BrFNO2S/c16-9-3-5-12-4-1-7-14(10-12)18-21(19,20)15-8-2-6-13(17)11-15/h1-2,4,6-8,10-11,18H,3,5,9H2. The van der Waals surface area contributed by atoms with Gasteiger partial charge < -0.3 is 0 Å². The van der Waals surface area contributed by atoms with Crippen molar-refractivity contribution >= 4 is 31.6 Å². The summed E-state index contributed by atoms with van der Waals surface area (Å²) in [5.74, 6) is -0.580. The summed E-state index contributed by atoms with van der Waals surface area (Å²) in [5, 5.41) is 0.895. The second kappa shape index (κ2) is 7.04. The van der Waals surface area contributed by atoms with Gasteiger partial charge in [-0.15, -0.1) is 0 Å². The van der Waals surface area contributed by atoms with Crippen LogP contribution in [-0.2, 0) is 16.4 Å². The predicted molar refractivity (Wildman–Crippen MR) is 85.8 cm³/mol. The molecule has 2 aromatic carbocycles. The van der Waals surface area contributed by atoms with Gasteiger partial charge in [-0.05, 0) is 48.7 Å². The molecule has 0 saturated heterocycles. The molecule has 0 radical (unpaired) electrons. The molecule has 1 N–H and O–H groups in total. The number of hydrogen-bond acceptors (Lipinski definition) is 2. The normalized spacial score (nSPS) is 11.3. The average molecular weight is 372 g/mol. The molecule has 3 nitrogen and oxygen atoms in total. The van der Waals surface area contributed by atoms with Crippen molar-refractivity contribution < 1.29 is 12.8 Å². The Morgan fingerprint density at radius 3 is 2.57 bits per heavy atom. The van der Waals surface area contributed by atoms with Crippen molar-refractivity contribution in [1.82, 2.24) is 0 Å². The lowest BCUT2D eigenvalue weighted by Gasteiger charge is -2.09. The van der Waals surface area contributed by atoms with Gasteiger partial charge in [-0.2, -0.15) is 0 Å². The largest absolute Gasteiger partial charge is 0.280 e. The number of aryl methyl sites for hydroxylation is 1. The van der Waals surface area contributed by atoms with Crippen LogP contribution in [0.15, 0.2) is 53.4 Å². The Balaban J connectivity index is 2.20. The van der Waals surface area contributed by atoms with Gasteiger partial charge in [0.05, 0.1) is 4.90 Å². The fraction of sp³-hybridized carbons (Fsp3) is 0.200. The molecular weight excluding hydrogens is 357 g/mol. The van der Waals surface area contributed by atoms with Crippen LogP contribution in [0.5, 0.6) is 0 Å². The number of benzene rings is 2. The van der Waals surface area contributed by atoms with Crippen LogP contribution in [0.4, 0.5) is 10.1 Å². The van der Waals surface area contributed by atoms with E-state index in [9.17, 15) is 12.8 Å². The zero-order valence-corrected chi connectivity index (χ0v) is 13.6. The Hall–Kier alpha value is -1.40. The molecule has 0 fully saturated rings. The van der Waals surface area contributed by atoms with Crippen LogP contribution in [0.3, 0.4) is 0 Å². The summed E-state index contributed by atoms with van der Waals surface area (Å²) in [6.07, 6.45) is 1.83. The van der Waals surface area contributed by atoms with Gasteiger partial charge in [0.15, 0.2) is 0 Å². The maximum atomic E-state index is 13.1. The number of anilines is 1. The molecule has 0 spiro atoms. The van der Waals surface area contributed by atoms with Crippen molar-refractivity contribution in [2.24, 2.45) is 0 Å². The highest BCUT2D eigenvalue weighted by molar-refractivity contribution is 9.09. The molecule has 0 bridgehead atoms. The highest BCUT2D eigenvalue weighted by Gasteiger charge is 2.14. The van der Waals surface area contributed by atoms with Crippen LogP contribution in [0.1, 0.15) is 12.0 Å². The molecule has 2 rings (SSSR count). The van der Waals surface area contributed by atoms with Gasteiger partial charge in [0.1, 0.15) is 5.82 Å². The first kappa shape index (κ1) is 16.0. The average Bonchev–Trinajstić information content (AvgIpc) is 2.45. The first-order chi connectivity index (χ1) is 10.0. The SMILES string of the molecule is O=S(=O)(Nc1cccc(CCCBr)c1)c1cccc(F)c1. The lowest BCUT2D eigenvalue weighted by atomic mass is 10.1. The van der Waals surface area contributed by atoms with Crippen molar-refractivity contribution in [2.45, 2.75) is 17.7 Å². The van der Waals surface area contributed by atoms with E-state index in [0.29, 0.717) is 5.69 Å². The van der Waals surface area contributed by atoms with Crippen LogP contribution in [0, 0.1) is 5.82 Å². The number of sulfonamides is 1. The van der Waals surface area contributed by atoms with E-state index in [-0.39, 0.29) is 4.90 Å². The van der Waals surface area contributed by atoms with E-state index in [4.69, 9.17) is 0 Å². The van der Waals surface area contributed by atoms with Crippen LogP contribution in [0.2, 0.25) is 0 Å². The van der Waals surface area contributed by atoms with E-state index in [1.165, 1.54) is 18.2 Å². The van der Waals surface area contributed by atoms with Crippen molar-refractivity contribution in [2.75, 3.05) is 10.1 Å². The minimum absolute atomic E-state index is 0.0895. The first-order valence-electron chi connectivity index (χ1n) is 6.44.